The van der Waals surface area contributed by atoms with E-state index in [0.717, 1.165) is 4.66 Å². The van der Waals surface area contributed by atoms with Crippen LogP contribution in [-0.2, 0) is 0 Å². The molecule has 0 aromatic carbocycles. The first-order chi connectivity index (χ1) is 8.99. The molecule has 0 N–H and O–H groups in total. The van der Waals surface area contributed by atoms with Gasteiger partial charge in [0.25, 0.3) is 0 Å². The van der Waals surface area contributed by atoms with Crippen molar-refractivity contribution in [3.05, 3.63) is 0 Å². The Morgan fingerprint density at radius 3 is 0.789 bits per heavy atom. The lowest BCUT2D eigenvalue weighted by atomic mass is 10.2. The first kappa shape index (κ1) is 19.4. The van der Waals surface area contributed by atoms with E-state index in [4.69, 9.17) is 0 Å². The monoisotopic (exact) mass is 300 g/mol. The van der Waals surface area contributed by atoms with Gasteiger partial charge >= 0.3 is 0 Å². The summed E-state index contributed by atoms with van der Waals surface area (Å²) in [6.07, 6.45) is 2.93. The van der Waals surface area contributed by atoms with Crippen LogP contribution >= 0.6 is 0 Å². The Kier molecular flexibility index (Phi) is 8.20. The first-order valence-corrected chi connectivity index (χ1v) is 14.2. The standard InChI is InChI=1S/C17H40Si2/c1-9-17(10-2,18(11-3,12-4)13-5)19(14-6,15-7)16-8/h9-16H2,1-8H3. The van der Waals surface area contributed by atoms with Crippen molar-refractivity contribution in [1.82, 2.24) is 0 Å². The highest BCUT2D eigenvalue weighted by atomic mass is 28.4. The zero-order valence-electron chi connectivity index (χ0n) is 15.2. The number of hydrogen-bond donors (Lipinski definition) is 0. The second kappa shape index (κ2) is 8.02. The van der Waals surface area contributed by atoms with Gasteiger partial charge in [-0.05, 0) is 4.66 Å². The van der Waals surface area contributed by atoms with Crippen LogP contribution in [0.15, 0.2) is 0 Å². The molecule has 0 bridgehead atoms. The van der Waals surface area contributed by atoms with E-state index < -0.39 is 16.1 Å². The predicted molar refractivity (Wildman–Crippen MR) is 97.7 cm³/mol. The van der Waals surface area contributed by atoms with Crippen molar-refractivity contribution in [3.8, 4) is 0 Å². The zero-order valence-corrected chi connectivity index (χ0v) is 17.2. The summed E-state index contributed by atoms with van der Waals surface area (Å²) in [7, 11) is -2.27. The van der Waals surface area contributed by atoms with Crippen molar-refractivity contribution >= 4 is 16.1 Å². The summed E-state index contributed by atoms with van der Waals surface area (Å²) in [4.78, 5) is 0. The molecule has 0 aliphatic carbocycles. The van der Waals surface area contributed by atoms with Gasteiger partial charge in [-0.1, -0.05) is 104 Å². The summed E-state index contributed by atoms with van der Waals surface area (Å²) >= 11 is 0. The van der Waals surface area contributed by atoms with Gasteiger partial charge in [0.1, 0.15) is 0 Å². The maximum absolute atomic E-state index is 2.52. The molecule has 0 fully saturated rings. The molecule has 0 saturated heterocycles. The molecular weight excluding hydrogens is 260 g/mol. The lowest BCUT2D eigenvalue weighted by molar-refractivity contribution is 0.610. The van der Waals surface area contributed by atoms with Gasteiger partial charge in [0, 0.05) is 0 Å². The molecule has 0 rings (SSSR count). The predicted octanol–water partition coefficient (Wildman–Crippen LogP) is 7.10. The van der Waals surface area contributed by atoms with Crippen LogP contribution in [0.4, 0.5) is 0 Å². The maximum Gasteiger partial charge on any atom is 0.0563 e. The molecule has 0 unspecified atom stereocenters. The quantitative estimate of drug-likeness (QED) is 0.377. The van der Waals surface area contributed by atoms with Crippen LogP contribution in [0.5, 0.6) is 0 Å². The van der Waals surface area contributed by atoms with E-state index in [0.29, 0.717) is 0 Å². The molecule has 0 saturated carbocycles. The van der Waals surface area contributed by atoms with E-state index in [1.807, 2.05) is 0 Å². The molecule has 0 aromatic heterocycles. The molecule has 0 atom stereocenters. The van der Waals surface area contributed by atoms with Crippen LogP contribution in [0.25, 0.3) is 0 Å². The minimum atomic E-state index is -1.13. The van der Waals surface area contributed by atoms with Crippen LogP contribution < -0.4 is 0 Å². The SMILES string of the molecule is CCC(CC)([Si](CC)(CC)CC)[Si](CC)(CC)CC. The van der Waals surface area contributed by atoms with E-state index in [1.165, 1.54) is 49.1 Å². The molecule has 0 aliphatic heterocycles. The van der Waals surface area contributed by atoms with Gasteiger partial charge in [0.2, 0.25) is 0 Å². The van der Waals surface area contributed by atoms with E-state index >= 15 is 0 Å². The van der Waals surface area contributed by atoms with E-state index in [9.17, 15) is 0 Å². The molecular formula is C17H40Si2. The fourth-order valence-corrected chi connectivity index (χ4v) is 23.6. The van der Waals surface area contributed by atoms with E-state index in [2.05, 4.69) is 55.4 Å². The Bertz CT molecular complexity index is 197. The smallest absolute Gasteiger partial charge is 0.0563 e. The third kappa shape index (κ3) is 2.76. The lowest BCUT2D eigenvalue weighted by Gasteiger charge is -2.59. The summed E-state index contributed by atoms with van der Waals surface area (Å²) in [5.74, 6) is 0. The van der Waals surface area contributed by atoms with Gasteiger partial charge in [0.15, 0.2) is 0 Å². The molecule has 116 valence electrons. The largest absolute Gasteiger partial charge is 0.0678 e. The van der Waals surface area contributed by atoms with Crippen molar-refractivity contribution < 1.29 is 0 Å². The van der Waals surface area contributed by atoms with Crippen LogP contribution in [0.3, 0.4) is 0 Å². The van der Waals surface area contributed by atoms with E-state index in [-0.39, 0.29) is 0 Å². The Morgan fingerprint density at radius 2 is 0.684 bits per heavy atom. The first-order valence-electron chi connectivity index (χ1n) is 8.99. The minimum absolute atomic E-state index is 0.788. The Morgan fingerprint density at radius 1 is 0.474 bits per heavy atom. The molecule has 2 heteroatoms. The highest BCUT2D eigenvalue weighted by Crippen LogP contribution is 2.60. The highest BCUT2D eigenvalue weighted by molar-refractivity contribution is 7.01. The number of hydrogen-bond acceptors (Lipinski definition) is 0. The molecule has 19 heavy (non-hydrogen) atoms. The highest BCUT2D eigenvalue weighted by Gasteiger charge is 2.57. The lowest BCUT2D eigenvalue weighted by Crippen LogP contribution is -2.61. The summed E-state index contributed by atoms with van der Waals surface area (Å²) in [6.45, 7) is 20.1. The Hall–Kier alpha value is 0.434. The van der Waals surface area contributed by atoms with Crippen molar-refractivity contribution in [3.63, 3.8) is 0 Å². The molecule has 0 spiro atoms. The average molecular weight is 301 g/mol. The van der Waals surface area contributed by atoms with Crippen molar-refractivity contribution in [2.45, 2.75) is 109 Å². The van der Waals surface area contributed by atoms with Gasteiger partial charge in [-0.15, -0.1) is 0 Å². The molecule has 0 amide bonds. The van der Waals surface area contributed by atoms with Crippen LogP contribution in [0.1, 0.15) is 68.2 Å². The normalized spacial score (nSPS) is 13.9. The molecule has 0 heterocycles. The molecule has 0 aliphatic rings. The molecule has 0 nitrogen and oxygen atoms in total. The van der Waals surface area contributed by atoms with Gasteiger partial charge in [-0.2, -0.15) is 0 Å². The van der Waals surface area contributed by atoms with E-state index in [1.54, 1.807) is 0 Å². The van der Waals surface area contributed by atoms with Crippen LogP contribution in [0, 0.1) is 0 Å². The van der Waals surface area contributed by atoms with Crippen molar-refractivity contribution in [1.29, 1.82) is 0 Å². The Balaban J connectivity index is 6.08. The third-order valence-corrected chi connectivity index (χ3v) is 24.1. The number of rotatable bonds is 10. The zero-order chi connectivity index (χ0) is 15.2. The minimum Gasteiger partial charge on any atom is -0.0678 e. The third-order valence-electron chi connectivity index (χ3n) is 7.30. The fourth-order valence-electron chi connectivity index (χ4n) is 5.84. The molecule has 0 aromatic rings. The van der Waals surface area contributed by atoms with Crippen LogP contribution in [0.2, 0.25) is 40.9 Å². The molecule has 0 radical (unpaired) electrons. The summed E-state index contributed by atoms with van der Waals surface area (Å²) in [6, 6.07) is 9.06. The Labute approximate surface area is 125 Å². The topological polar surface area (TPSA) is 0 Å². The van der Waals surface area contributed by atoms with Crippen molar-refractivity contribution in [2.24, 2.45) is 0 Å². The summed E-state index contributed by atoms with van der Waals surface area (Å²) in [5.41, 5.74) is 0. The van der Waals surface area contributed by atoms with Gasteiger partial charge in [-0.25, -0.2) is 0 Å². The fraction of sp³-hybridized carbons (Fsp3) is 1.00. The van der Waals surface area contributed by atoms with Crippen LogP contribution in [-0.4, -0.2) is 16.1 Å². The van der Waals surface area contributed by atoms with Crippen molar-refractivity contribution in [2.75, 3.05) is 0 Å². The van der Waals surface area contributed by atoms with Gasteiger partial charge in [-0.3, -0.25) is 0 Å². The summed E-state index contributed by atoms with van der Waals surface area (Å²) in [5, 5.41) is 0. The second-order valence-electron chi connectivity index (χ2n) is 6.47. The average Bonchev–Trinajstić information content (AvgIpc) is 2.49. The van der Waals surface area contributed by atoms with Gasteiger partial charge < -0.3 is 0 Å². The van der Waals surface area contributed by atoms with Gasteiger partial charge in [0.05, 0.1) is 16.1 Å². The second-order valence-corrected chi connectivity index (χ2v) is 18.2. The maximum atomic E-state index is 2.52. The summed E-state index contributed by atoms with van der Waals surface area (Å²) < 4.78 is 0.788.